The average Bonchev–Trinajstić information content (AvgIpc) is 2.59. The fraction of sp³-hybridized carbons (Fsp3) is 0.333. The lowest BCUT2D eigenvalue weighted by Gasteiger charge is -2.30. The van der Waals surface area contributed by atoms with Gasteiger partial charge in [0.15, 0.2) is 0 Å². The highest BCUT2D eigenvalue weighted by Gasteiger charge is 2.16. The largest absolute Gasteiger partial charge is 0.399 e. The maximum absolute atomic E-state index is 9.41. The minimum absolute atomic E-state index is 0.00172. The van der Waals surface area contributed by atoms with Gasteiger partial charge in [-0.25, -0.2) is 0 Å². The molecule has 0 amide bonds. The third-order valence-corrected chi connectivity index (χ3v) is 3.87. The number of aliphatic hydroxyl groups excluding tert-OH is 2. The van der Waals surface area contributed by atoms with E-state index in [1.54, 1.807) is 0 Å². The second-order valence-corrected chi connectivity index (χ2v) is 5.66. The van der Waals surface area contributed by atoms with Gasteiger partial charge in [0.1, 0.15) is 0 Å². The predicted octanol–water partition coefficient (Wildman–Crippen LogP) is 0.973. The summed E-state index contributed by atoms with van der Waals surface area (Å²) >= 11 is 0. The molecule has 2 aromatic rings. The summed E-state index contributed by atoms with van der Waals surface area (Å²) in [6.07, 6.45) is 0. The second-order valence-electron chi connectivity index (χ2n) is 5.66. The number of nitrogens with one attached hydrogen (secondary N) is 1. The molecule has 6 heteroatoms. The van der Waals surface area contributed by atoms with Crippen LogP contribution in [0, 0.1) is 0 Å². The van der Waals surface area contributed by atoms with Gasteiger partial charge in [-0.3, -0.25) is 0 Å². The average molecular weight is 330 g/mol. The van der Waals surface area contributed by atoms with Crippen molar-refractivity contribution in [3.8, 4) is 0 Å². The number of nitrogens with zero attached hydrogens (tertiary/aromatic N) is 1. The number of benzene rings is 2. The van der Waals surface area contributed by atoms with E-state index in [-0.39, 0.29) is 19.3 Å². The Morgan fingerprint density at radius 2 is 1.46 bits per heavy atom. The number of anilines is 3. The van der Waals surface area contributed by atoms with Gasteiger partial charge in [-0.05, 0) is 42.0 Å². The highest BCUT2D eigenvalue weighted by Crippen LogP contribution is 2.21. The van der Waals surface area contributed by atoms with E-state index in [0.29, 0.717) is 31.0 Å². The number of nitrogen functional groups attached to an aromatic ring is 2. The van der Waals surface area contributed by atoms with Gasteiger partial charge in [-0.15, -0.1) is 0 Å². The molecule has 0 fully saturated rings. The van der Waals surface area contributed by atoms with Gasteiger partial charge in [0.25, 0.3) is 0 Å². The summed E-state index contributed by atoms with van der Waals surface area (Å²) in [7, 11) is 0. The molecule has 0 aromatic heterocycles. The van der Waals surface area contributed by atoms with Crippen molar-refractivity contribution in [2.45, 2.75) is 6.04 Å². The van der Waals surface area contributed by atoms with Crippen LogP contribution in [-0.4, -0.2) is 43.1 Å². The second kappa shape index (κ2) is 9.12. The van der Waals surface area contributed by atoms with Crippen molar-refractivity contribution >= 4 is 17.1 Å². The molecule has 0 spiro atoms. The Hall–Kier alpha value is -2.28. The molecule has 2 rings (SSSR count). The molecule has 130 valence electrons. The molecule has 0 bridgehead atoms. The van der Waals surface area contributed by atoms with Crippen molar-refractivity contribution < 1.29 is 10.2 Å². The molecule has 0 aliphatic rings. The van der Waals surface area contributed by atoms with E-state index in [2.05, 4.69) is 10.2 Å². The summed E-state index contributed by atoms with van der Waals surface area (Å²) in [6, 6.07) is 15.3. The number of rotatable bonds is 9. The minimum atomic E-state index is 0.00172. The summed E-state index contributed by atoms with van der Waals surface area (Å²) < 4.78 is 0. The molecule has 1 unspecified atom stereocenters. The minimum Gasteiger partial charge on any atom is -0.399 e. The van der Waals surface area contributed by atoms with Crippen molar-refractivity contribution in [2.75, 3.05) is 49.2 Å². The predicted molar refractivity (Wildman–Crippen MR) is 98.8 cm³/mol. The number of hydrogen-bond acceptors (Lipinski definition) is 6. The van der Waals surface area contributed by atoms with E-state index in [1.807, 2.05) is 48.5 Å². The van der Waals surface area contributed by atoms with Crippen molar-refractivity contribution in [3.63, 3.8) is 0 Å². The molecule has 0 saturated carbocycles. The van der Waals surface area contributed by atoms with E-state index >= 15 is 0 Å². The zero-order chi connectivity index (χ0) is 17.4. The van der Waals surface area contributed by atoms with Crippen LogP contribution in [0.1, 0.15) is 11.6 Å². The highest BCUT2D eigenvalue weighted by molar-refractivity contribution is 5.53. The number of hydrogen-bond donors (Lipinski definition) is 5. The smallest absolute Gasteiger partial charge is 0.0606 e. The fourth-order valence-corrected chi connectivity index (χ4v) is 2.61. The monoisotopic (exact) mass is 330 g/mol. The molecule has 0 aliphatic carbocycles. The summed E-state index contributed by atoms with van der Waals surface area (Å²) in [6.45, 7) is 1.76. The third kappa shape index (κ3) is 5.13. The first-order valence-corrected chi connectivity index (χ1v) is 8.05. The zero-order valence-electron chi connectivity index (χ0n) is 13.7. The van der Waals surface area contributed by atoms with Crippen molar-refractivity contribution in [2.24, 2.45) is 0 Å². The Bertz CT molecular complexity index is 601. The van der Waals surface area contributed by atoms with Gasteiger partial charge >= 0.3 is 0 Å². The Balaban J connectivity index is 2.20. The summed E-state index contributed by atoms with van der Waals surface area (Å²) in [5.74, 6) is 0. The fourth-order valence-electron chi connectivity index (χ4n) is 2.61. The normalized spacial score (nSPS) is 12.1. The zero-order valence-corrected chi connectivity index (χ0v) is 13.7. The van der Waals surface area contributed by atoms with Crippen molar-refractivity contribution in [3.05, 3.63) is 54.1 Å². The van der Waals surface area contributed by atoms with Crippen LogP contribution in [0.4, 0.5) is 17.1 Å². The summed E-state index contributed by atoms with van der Waals surface area (Å²) in [4.78, 5) is 2.09. The Kier molecular flexibility index (Phi) is 6.87. The van der Waals surface area contributed by atoms with Crippen LogP contribution in [0.2, 0.25) is 0 Å². The highest BCUT2D eigenvalue weighted by atomic mass is 16.3. The quantitative estimate of drug-likeness (QED) is 0.439. The number of nitrogens with two attached hydrogens (primary N) is 2. The lowest BCUT2D eigenvalue weighted by atomic mass is 10.1. The van der Waals surface area contributed by atoms with E-state index in [1.165, 1.54) is 0 Å². The lowest BCUT2D eigenvalue weighted by Crippen LogP contribution is -2.38. The van der Waals surface area contributed by atoms with E-state index in [9.17, 15) is 5.11 Å². The lowest BCUT2D eigenvalue weighted by molar-refractivity contribution is 0.281. The SMILES string of the molecule is Nc1ccc(C(CN(CCO)c2ccc(N)cc2)NCCO)cc1. The van der Waals surface area contributed by atoms with Crippen molar-refractivity contribution in [1.82, 2.24) is 5.32 Å². The molecule has 0 aliphatic heterocycles. The van der Waals surface area contributed by atoms with E-state index in [4.69, 9.17) is 16.6 Å². The van der Waals surface area contributed by atoms with Gasteiger partial charge in [0.05, 0.1) is 13.2 Å². The molecule has 0 radical (unpaired) electrons. The van der Waals surface area contributed by atoms with Gasteiger partial charge in [0, 0.05) is 42.7 Å². The first-order chi connectivity index (χ1) is 11.6. The summed E-state index contributed by atoms with van der Waals surface area (Å²) in [5.41, 5.74) is 15.0. The van der Waals surface area contributed by atoms with E-state index < -0.39 is 0 Å². The Labute approximate surface area is 142 Å². The first kappa shape index (κ1) is 18.1. The molecular weight excluding hydrogens is 304 g/mol. The standard InChI is InChI=1S/C18H26N4O2/c19-15-3-1-14(2-4-15)18(21-9-11-23)13-22(10-12-24)17-7-5-16(20)6-8-17/h1-8,18,21,23-24H,9-13,19-20H2. The maximum atomic E-state index is 9.41. The molecule has 7 N–H and O–H groups in total. The molecule has 6 nitrogen and oxygen atoms in total. The Morgan fingerprint density at radius 3 is 2.00 bits per heavy atom. The molecule has 24 heavy (non-hydrogen) atoms. The van der Waals surface area contributed by atoms with Gasteiger partial charge in [-0.2, -0.15) is 0 Å². The first-order valence-electron chi connectivity index (χ1n) is 8.05. The topological polar surface area (TPSA) is 108 Å². The maximum Gasteiger partial charge on any atom is 0.0606 e. The van der Waals surface area contributed by atoms with Crippen LogP contribution < -0.4 is 21.7 Å². The van der Waals surface area contributed by atoms with Crippen LogP contribution >= 0.6 is 0 Å². The molecule has 1 atom stereocenters. The van der Waals surface area contributed by atoms with Crippen LogP contribution in [0.25, 0.3) is 0 Å². The molecule has 2 aromatic carbocycles. The Morgan fingerprint density at radius 1 is 0.875 bits per heavy atom. The molecule has 0 saturated heterocycles. The van der Waals surface area contributed by atoms with Gasteiger partial charge < -0.3 is 31.9 Å². The van der Waals surface area contributed by atoms with Crippen LogP contribution in [-0.2, 0) is 0 Å². The van der Waals surface area contributed by atoms with Crippen LogP contribution in [0.5, 0.6) is 0 Å². The van der Waals surface area contributed by atoms with Crippen molar-refractivity contribution in [1.29, 1.82) is 0 Å². The summed E-state index contributed by atoms with van der Waals surface area (Å²) in [5, 5.41) is 21.9. The molecule has 0 heterocycles. The van der Waals surface area contributed by atoms with E-state index in [0.717, 1.165) is 11.3 Å². The van der Waals surface area contributed by atoms with Crippen LogP contribution in [0.15, 0.2) is 48.5 Å². The van der Waals surface area contributed by atoms with Gasteiger partial charge in [0.2, 0.25) is 0 Å². The van der Waals surface area contributed by atoms with Crippen LogP contribution in [0.3, 0.4) is 0 Å². The van der Waals surface area contributed by atoms with Gasteiger partial charge in [-0.1, -0.05) is 12.1 Å². The number of aliphatic hydroxyl groups is 2. The molecular formula is C18H26N4O2. The third-order valence-electron chi connectivity index (χ3n) is 3.87.